The summed E-state index contributed by atoms with van der Waals surface area (Å²) in [7, 11) is 2.00. The molecule has 1 aliphatic carbocycles. The van der Waals surface area contributed by atoms with Crippen molar-refractivity contribution in [1.29, 1.82) is 0 Å². The predicted molar refractivity (Wildman–Crippen MR) is 90.2 cm³/mol. The average Bonchev–Trinajstić information content (AvgIpc) is 2.51. The summed E-state index contributed by atoms with van der Waals surface area (Å²) >= 11 is 0. The van der Waals surface area contributed by atoms with E-state index in [-0.39, 0.29) is 0 Å². The first-order chi connectivity index (χ1) is 10.0. The van der Waals surface area contributed by atoms with Crippen molar-refractivity contribution in [2.45, 2.75) is 103 Å². The van der Waals surface area contributed by atoms with E-state index < -0.39 is 0 Å². The second-order valence-corrected chi connectivity index (χ2v) is 5.66. The van der Waals surface area contributed by atoms with Crippen LogP contribution < -0.4 is 0 Å². The third-order valence-corrected chi connectivity index (χ3v) is 4.00. The SMILES string of the molecule is C1CCCCCCCCCCCCCCC1.CO.CO. The topological polar surface area (TPSA) is 40.5 Å². The molecule has 0 bridgehead atoms. The Kier molecular flexibility index (Phi) is 26.6. The highest BCUT2D eigenvalue weighted by Gasteiger charge is 1.96. The fourth-order valence-corrected chi connectivity index (χ4v) is 2.83. The Morgan fingerprint density at radius 2 is 0.300 bits per heavy atom. The Labute approximate surface area is 128 Å². The highest BCUT2D eigenvalue weighted by Crippen LogP contribution is 2.16. The number of hydrogen-bond acceptors (Lipinski definition) is 2. The molecule has 0 amide bonds. The van der Waals surface area contributed by atoms with Crippen molar-refractivity contribution in [2.75, 3.05) is 14.2 Å². The minimum absolute atomic E-state index is 1.00. The smallest absolute Gasteiger partial charge is 0.0319 e. The standard InChI is InChI=1S/C16H32.2CH4O/c1-2-4-6-8-10-12-14-16-15-13-11-9-7-5-3-1;2*1-2/h1-16H2;2*2H,1H3. The van der Waals surface area contributed by atoms with Crippen molar-refractivity contribution < 1.29 is 10.2 Å². The molecule has 0 aromatic heterocycles. The van der Waals surface area contributed by atoms with Gasteiger partial charge in [0.2, 0.25) is 0 Å². The number of aliphatic hydroxyl groups is 2. The molecule has 2 nitrogen and oxygen atoms in total. The van der Waals surface area contributed by atoms with E-state index in [1.54, 1.807) is 0 Å². The molecule has 1 saturated carbocycles. The molecule has 0 aromatic carbocycles. The molecule has 0 spiro atoms. The second-order valence-electron chi connectivity index (χ2n) is 5.66. The maximum atomic E-state index is 7.00. The predicted octanol–water partition coefficient (Wildman–Crippen LogP) is 5.46. The zero-order valence-corrected chi connectivity index (χ0v) is 14.2. The van der Waals surface area contributed by atoms with Crippen LogP contribution in [0.3, 0.4) is 0 Å². The van der Waals surface area contributed by atoms with Crippen LogP contribution in [0.1, 0.15) is 103 Å². The molecule has 2 heteroatoms. The highest BCUT2D eigenvalue weighted by atomic mass is 16.2. The Bertz CT molecular complexity index is 73.4. The fourth-order valence-electron chi connectivity index (χ4n) is 2.83. The molecule has 20 heavy (non-hydrogen) atoms. The Morgan fingerprint density at radius 1 is 0.250 bits per heavy atom. The van der Waals surface area contributed by atoms with E-state index >= 15 is 0 Å². The monoisotopic (exact) mass is 288 g/mol. The molecule has 0 radical (unpaired) electrons. The minimum atomic E-state index is 1.00. The lowest BCUT2D eigenvalue weighted by Gasteiger charge is -2.05. The van der Waals surface area contributed by atoms with Crippen molar-refractivity contribution in [2.24, 2.45) is 0 Å². The average molecular weight is 289 g/mol. The van der Waals surface area contributed by atoms with Gasteiger partial charge in [-0.15, -0.1) is 0 Å². The summed E-state index contributed by atoms with van der Waals surface area (Å²) in [6.45, 7) is 0. The van der Waals surface area contributed by atoms with E-state index in [9.17, 15) is 0 Å². The van der Waals surface area contributed by atoms with Crippen LogP contribution in [-0.4, -0.2) is 24.4 Å². The van der Waals surface area contributed by atoms with Crippen LogP contribution in [0.4, 0.5) is 0 Å². The van der Waals surface area contributed by atoms with Crippen LogP contribution in [-0.2, 0) is 0 Å². The quantitative estimate of drug-likeness (QED) is 0.621. The molecule has 124 valence electrons. The molecular formula is C18H40O2. The van der Waals surface area contributed by atoms with Gasteiger partial charge in [0.25, 0.3) is 0 Å². The van der Waals surface area contributed by atoms with Gasteiger partial charge in [0.1, 0.15) is 0 Å². The molecule has 2 N–H and O–H groups in total. The van der Waals surface area contributed by atoms with E-state index in [0.717, 1.165) is 14.2 Å². The van der Waals surface area contributed by atoms with Crippen LogP contribution in [0.15, 0.2) is 0 Å². The number of aliphatic hydroxyl groups excluding tert-OH is 2. The molecule has 1 fully saturated rings. The molecule has 1 rings (SSSR count). The van der Waals surface area contributed by atoms with E-state index in [0.29, 0.717) is 0 Å². The van der Waals surface area contributed by atoms with Crippen LogP contribution in [0.2, 0.25) is 0 Å². The van der Waals surface area contributed by atoms with Gasteiger partial charge in [0.05, 0.1) is 0 Å². The van der Waals surface area contributed by atoms with Crippen LogP contribution in [0.5, 0.6) is 0 Å². The van der Waals surface area contributed by atoms with Gasteiger partial charge < -0.3 is 10.2 Å². The molecule has 0 aromatic rings. The van der Waals surface area contributed by atoms with E-state index in [2.05, 4.69) is 0 Å². The normalized spacial score (nSPS) is 19.8. The number of hydrogen-bond donors (Lipinski definition) is 2. The summed E-state index contributed by atoms with van der Waals surface area (Å²) in [5.74, 6) is 0. The van der Waals surface area contributed by atoms with Gasteiger partial charge >= 0.3 is 0 Å². The summed E-state index contributed by atoms with van der Waals surface area (Å²) in [4.78, 5) is 0. The minimum Gasteiger partial charge on any atom is -0.400 e. The zero-order valence-electron chi connectivity index (χ0n) is 14.2. The van der Waals surface area contributed by atoms with Crippen LogP contribution in [0, 0.1) is 0 Å². The molecule has 0 atom stereocenters. The first-order valence-electron chi connectivity index (χ1n) is 8.89. The van der Waals surface area contributed by atoms with Crippen LogP contribution >= 0.6 is 0 Å². The first kappa shape index (κ1) is 22.2. The van der Waals surface area contributed by atoms with Gasteiger partial charge in [-0.3, -0.25) is 0 Å². The van der Waals surface area contributed by atoms with Gasteiger partial charge in [0.15, 0.2) is 0 Å². The second kappa shape index (κ2) is 24.0. The van der Waals surface area contributed by atoms with Crippen molar-refractivity contribution in [3.05, 3.63) is 0 Å². The summed E-state index contributed by atoms with van der Waals surface area (Å²) < 4.78 is 0. The first-order valence-corrected chi connectivity index (χ1v) is 8.89. The largest absolute Gasteiger partial charge is 0.400 e. The lowest BCUT2D eigenvalue weighted by atomic mass is 10.0. The highest BCUT2D eigenvalue weighted by molar-refractivity contribution is 4.52. The van der Waals surface area contributed by atoms with E-state index in [1.807, 2.05) is 0 Å². The molecule has 1 aliphatic rings. The Morgan fingerprint density at radius 3 is 0.350 bits per heavy atom. The van der Waals surface area contributed by atoms with Gasteiger partial charge in [-0.1, -0.05) is 103 Å². The van der Waals surface area contributed by atoms with E-state index in [4.69, 9.17) is 10.2 Å². The Hall–Kier alpha value is -0.0800. The summed E-state index contributed by atoms with van der Waals surface area (Å²) in [5, 5.41) is 14.0. The third-order valence-electron chi connectivity index (χ3n) is 4.00. The van der Waals surface area contributed by atoms with E-state index in [1.165, 1.54) is 103 Å². The van der Waals surface area contributed by atoms with Crippen molar-refractivity contribution in [3.8, 4) is 0 Å². The molecule has 0 heterocycles. The third kappa shape index (κ3) is 20.2. The summed E-state index contributed by atoms with van der Waals surface area (Å²) in [6.07, 6.45) is 24.0. The van der Waals surface area contributed by atoms with Gasteiger partial charge in [0, 0.05) is 14.2 Å². The van der Waals surface area contributed by atoms with Crippen molar-refractivity contribution in [1.82, 2.24) is 0 Å². The molecule has 0 unspecified atom stereocenters. The lowest BCUT2D eigenvalue weighted by Crippen LogP contribution is -1.85. The summed E-state index contributed by atoms with van der Waals surface area (Å²) in [6, 6.07) is 0. The van der Waals surface area contributed by atoms with Gasteiger partial charge in [-0.2, -0.15) is 0 Å². The van der Waals surface area contributed by atoms with Gasteiger partial charge in [-0.25, -0.2) is 0 Å². The van der Waals surface area contributed by atoms with Crippen molar-refractivity contribution >= 4 is 0 Å². The lowest BCUT2D eigenvalue weighted by molar-refractivity contribution is 0.399. The Balaban J connectivity index is 0. The maximum Gasteiger partial charge on any atom is 0.0319 e. The summed E-state index contributed by atoms with van der Waals surface area (Å²) in [5.41, 5.74) is 0. The molecule has 0 aliphatic heterocycles. The molecule has 0 saturated heterocycles. The van der Waals surface area contributed by atoms with Crippen LogP contribution in [0.25, 0.3) is 0 Å². The number of rotatable bonds is 0. The maximum absolute atomic E-state index is 7.00. The molecular weight excluding hydrogens is 248 g/mol. The van der Waals surface area contributed by atoms with Gasteiger partial charge in [-0.05, 0) is 0 Å². The zero-order chi connectivity index (χ0) is 15.3. The fraction of sp³-hybridized carbons (Fsp3) is 1.00. The van der Waals surface area contributed by atoms with Crippen molar-refractivity contribution in [3.63, 3.8) is 0 Å².